The van der Waals surface area contributed by atoms with Gasteiger partial charge in [0, 0.05) is 37.8 Å². The first-order valence-corrected chi connectivity index (χ1v) is 9.16. The third-order valence-corrected chi connectivity index (χ3v) is 5.55. The van der Waals surface area contributed by atoms with Gasteiger partial charge in [-0.3, -0.25) is 15.6 Å². The van der Waals surface area contributed by atoms with Gasteiger partial charge in [0.25, 0.3) is 5.91 Å². The maximum Gasteiger partial charge on any atom is 0.270 e. The molecule has 3 unspecified atom stereocenters. The molecule has 7 nitrogen and oxygen atoms in total. The van der Waals surface area contributed by atoms with Crippen molar-refractivity contribution in [2.75, 3.05) is 24.5 Å². The van der Waals surface area contributed by atoms with Gasteiger partial charge in [0.05, 0.1) is 0 Å². The van der Waals surface area contributed by atoms with Crippen molar-refractivity contribution >= 4 is 11.7 Å². The lowest BCUT2D eigenvalue weighted by Gasteiger charge is -2.31. The lowest BCUT2D eigenvalue weighted by atomic mass is 9.83. The van der Waals surface area contributed by atoms with Crippen molar-refractivity contribution in [2.45, 2.75) is 50.6 Å². The van der Waals surface area contributed by atoms with E-state index in [1.165, 1.54) is 25.6 Å². The molecule has 0 bridgehead atoms. The van der Waals surface area contributed by atoms with Crippen molar-refractivity contribution in [3.8, 4) is 0 Å². The van der Waals surface area contributed by atoms with Gasteiger partial charge in [-0.05, 0) is 44.4 Å². The number of carbonyl (C=O) groups excluding carboxylic acids is 1. The molecule has 3 N–H and O–H groups in total. The van der Waals surface area contributed by atoms with Crippen LogP contribution in [-0.2, 0) is 0 Å². The summed E-state index contributed by atoms with van der Waals surface area (Å²) in [6, 6.07) is 2.53. The molecule has 130 valence electrons. The zero-order valence-corrected chi connectivity index (χ0v) is 14.0. The first kappa shape index (κ1) is 15.8. The van der Waals surface area contributed by atoms with E-state index in [-0.39, 0.29) is 11.9 Å². The van der Waals surface area contributed by atoms with E-state index < -0.39 is 0 Å². The highest BCUT2D eigenvalue weighted by molar-refractivity contribution is 5.93. The predicted molar refractivity (Wildman–Crippen MR) is 91.6 cm³/mol. The summed E-state index contributed by atoms with van der Waals surface area (Å²) >= 11 is 0. The predicted octanol–water partition coefficient (Wildman–Crippen LogP) is 0.842. The second-order valence-corrected chi connectivity index (χ2v) is 7.18. The van der Waals surface area contributed by atoms with Crippen LogP contribution in [0.15, 0.2) is 12.4 Å². The van der Waals surface area contributed by atoms with Crippen molar-refractivity contribution in [1.82, 2.24) is 26.1 Å². The number of piperidine rings is 1. The molecular weight excluding hydrogens is 304 g/mol. The van der Waals surface area contributed by atoms with Crippen LogP contribution in [0.25, 0.3) is 0 Å². The van der Waals surface area contributed by atoms with Crippen LogP contribution in [0.2, 0.25) is 0 Å². The molecule has 3 atom stereocenters. The van der Waals surface area contributed by atoms with Crippen molar-refractivity contribution in [3.63, 3.8) is 0 Å². The Morgan fingerprint density at radius 3 is 2.96 bits per heavy atom. The number of amides is 1. The third-order valence-electron chi connectivity index (χ3n) is 5.55. The molecule has 3 aliphatic rings. The van der Waals surface area contributed by atoms with Crippen LogP contribution in [-0.4, -0.2) is 47.6 Å². The van der Waals surface area contributed by atoms with E-state index >= 15 is 0 Å². The zero-order chi connectivity index (χ0) is 16.4. The maximum absolute atomic E-state index is 12.6. The number of fused-ring (bicyclic) bond motifs is 1. The van der Waals surface area contributed by atoms with Crippen LogP contribution in [0.5, 0.6) is 0 Å². The molecule has 24 heavy (non-hydrogen) atoms. The maximum atomic E-state index is 12.6. The molecule has 2 saturated heterocycles. The highest BCUT2D eigenvalue weighted by atomic mass is 16.1. The summed E-state index contributed by atoms with van der Waals surface area (Å²) < 4.78 is 0. The average molecular weight is 330 g/mol. The van der Waals surface area contributed by atoms with Gasteiger partial charge >= 0.3 is 0 Å². The fourth-order valence-electron chi connectivity index (χ4n) is 4.13. The number of carbonyl (C=O) groups is 1. The van der Waals surface area contributed by atoms with E-state index in [1.54, 1.807) is 0 Å². The third kappa shape index (κ3) is 3.37. The molecule has 1 aliphatic carbocycles. The number of nitrogens with one attached hydrogen (secondary N) is 3. The lowest BCUT2D eigenvalue weighted by molar-refractivity contribution is 0.0914. The van der Waals surface area contributed by atoms with Gasteiger partial charge in [0.1, 0.15) is 17.8 Å². The molecule has 1 aromatic rings. The zero-order valence-electron chi connectivity index (χ0n) is 14.0. The minimum absolute atomic E-state index is 0.0786. The van der Waals surface area contributed by atoms with Crippen molar-refractivity contribution in [3.05, 3.63) is 18.1 Å². The summed E-state index contributed by atoms with van der Waals surface area (Å²) in [7, 11) is 0. The van der Waals surface area contributed by atoms with E-state index in [4.69, 9.17) is 0 Å². The Morgan fingerprint density at radius 2 is 2.08 bits per heavy atom. The molecule has 4 rings (SSSR count). The fraction of sp³-hybridized carbons (Fsp3) is 0.706. The molecule has 0 aromatic carbocycles. The second kappa shape index (κ2) is 7.03. The number of nitrogens with zero attached hydrogens (tertiary/aromatic N) is 3. The van der Waals surface area contributed by atoms with Crippen molar-refractivity contribution in [1.29, 1.82) is 0 Å². The van der Waals surface area contributed by atoms with Crippen LogP contribution in [0.1, 0.15) is 49.0 Å². The summed E-state index contributed by atoms with van der Waals surface area (Å²) in [5.74, 6) is 1.49. The Morgan fingerprint density at radius 1 is 1.21 bits per heavy atom. The van der Waals surface area contributed by atoms with E-state index in [2.05, 4.69) is 31.0 Å². The van der Waals surface area contributed by atoms with Gasteiger partial charge < -0.3 is 10.2 Å². The van der Waals surface area contributed by atoms with E-state index in [0.717, 1.165) is 44.7 Å². The molecule has 1 saturated carbocycles. The summed E-state index contributed by atoms with van der Waals surface area (Å²) in [5.41, 5.74) is 7.02. The van der Waals surface area contributed by atoms with Crippen molar-refractivity contribution < 1.29 is 4.79 Å². The standard InChI is InChI=1S/C17H26N6O/c24-17(21-13-5-4-12-10-20-22-14(12)8-13)15-9-16(19-11-18-15)23-6-2-1-3-7-23/h9,11-14,20,22H,1-8,10H2,(H,21,24). The highest BCUT2D eigenvalue weighted by Crippen LogP contribution is 2.26. The minimum atomic E-state index is -0.0786. The van der Waals surface area contributed by atoms with Crippen LogP contribution >= 0.6 is 0 Å². The topological polar surface area (TPSA) is 82.2 Å². The van der Waals surface area contributed by atoms with Crippen LogP contribution in [0.3, 0.4) is 0 Å². The second-order valence-electron chi connectivity index (χ2n) is 7.18. The van der Waals surface area contributed by atoms with E-state index in [9.17, 15) is 4.79 Å². The quantitative estimate of drug-likeness (QED) is 0.762. The van der Waals surface area contributed by atoms with Crippen LogP contribution in [0.4, 0.5) is 5.82 Å². The van der Waals surface area contributed by atoms with Crippen LogP contribution < -0.4 is 21.1 Å². The van der Waals surface area contributed by atoms with Gasteiger partial charge in [0.2, 0.25) is 0 Å². The SMILES string of the molecule is O=C(NC1CCC2CNNC2C1)c1cc(N2CCCCC2)ncn1. The summed E-state index contributed by atoms with van der Waals surface area (Å²) in [6.45, 7) is 3.07. The molecule has 0 spiro atoms. The molecular formula is C17H26N6O. The molecule has 3 fully saturated rings. The van der Waals surface area contributed by atoms with Crippen LogP contribution in [0, 0.1) is 5.92 Å². The summed E-state index contributed by atoms with van der Waals surface area (Å²) in [4.78, 5) is 23.4. The first-order valence-electron chi connectivity index (χ1n) is 9.16. The van der Waals surface area contributed by atoms with Gasteiger partial charge in [0.15, 0.2) is 0 Å². The Balaban J connectivity index is 1.39. The first-order chi connectivity index (χ1) is 11.8. The number of hydrogen-bond donors (Lipinski definition) is 3. The molecule has 1 amide bonds. The lowest BCUT2D eigenvalue weighted by Crippen LogP contribution is -2.45. The Labute approximate surface area is 142 Å². The van der Waals surface area contributed by atoms with Crippen molar-refractivity contribution in [2.24, 2.45) is 5.92 Å². The monoisotopic (exact) mass is 330 g/mol. The Bertz CT molecular complexity index is 588. The molecule has 3 heterocycles. The fourth-order valence-corrected chi connectivity index (χ4v) is 4.13. The smallest absolute Gasteiger partial charge is 0.270 e. The average Bonchev–Trinajstić information content (AvgIpc) is 3.10. The van der Waals surface area contributed by atoms with Gasteiger partial charge in [-0.2, -0.15) is 0 Å². The van der Waals surface area contributed by atoms with E-state index in [0.29, 0.717) is 17.7 Å². The molecule has 0 radical (unpaired) electrons. The number of rotatable bonds is 3. The number of hydrogen-bond acceptors (Lipinski definition) is 6. The minimum Gasteiger partial charge on any atom is -0.357 e. The Hall–Kier alpha value is -1.73. The van der Waals surface area contributed by atoms with Gasteiger partial charge in [-0.1, -0.05) is 0 Å². The summed E-state index contributed by atoms with van der Waals surface area (Å²) in [5, 5.41) is 3.16. The number of anilines is 1. The Kier molecular flexibility index (Phi) is 4.62. The van der Waals surface area contributed by atoms with E-state index in [1.807, 2.05) is 6.07 Å². The highest BCUT2D eigenvalue weighted by Gasteiger charge is 2.34. The number of aromatic nitrogens is 2. The van der Waals surface area contributed by atoms with Gasteiger partial charge in [-0.15, -0.1) is 0 Å². The normalized spacial score (nSPS) is 30.0. The van der Waals surface area contributed by atoms with Gasteiger partial charge in [-0.25, -0.2) is 9.97 Å². The molecule has 7 heteroatoms. The molecule has 1 aromatic heterocycles. The largest absolute Gasteiger partial charge is 0.357 e. The number of hydrazine groups is 1. The summed E-state index contributed by atoms with van der Waals surface area (Å²) in [6.07, 6.45) is 8.35. The molecule has 2 aliphatic heterocycles.